The van der Waals surface area contributed by atoms with E-state index in [-0.39, 0.29) is 5.91 Å². The molecule has 22 heavy (non-hydrogen) atoms. The number of fused-ring (bicyclic) bond motifs is 1. The summed E-state index contributed by atoms with van der Waals surface area (Å²) in [5, 5.41) is 8.97. The van der Waals surface area contributed by atoms with Crippen molar-refractivity contribution in [2.45, 2.75) is 28.9 Å². The summed E-state index contributed by atoms with van der Waals surface area (Å²) in [4.78, 5) is 15.7. The molecule has 2 heterocycles. The predicted octanol–water partition coefficient (Wildman–Crippen LogP) is 2.84. The second-order valence-electron chi connectivity index (χ2n) is 5.40. The van der Waals surface area contributed by atoms with E-state index < -0.39 is 0 Å². The van der Waals surface area contributed by atoms with Crippen LogP contribution in [0.1, 0.15) is 18.9 Å². The van der Waals surface area contributed by atoms with Crippen LogP contribution < -0.4 is 4.90 Å². The lowest BCUT2D eigenvalue weighted by molar-refractivity contribution is -0.116. The molecule has 1 aromatic carbocycles. The Labute approximate surface area is 137 Å². The maximum Gasteiger partial charge on any atom is 0.237 e. The zero-order chi connectivity index (χ0) is 14.9. The topological polar surface area (TPSA) is 51.0 Å². The average Bonchev–Trinajstić information content (AvgIpc) is 3.30. The third-order valence-corrected chi connectivity index (χ3v) is 5.82. The van der Waals surface area contributed by atoms with E-state index in [1.165, 1.54) is 29.5 Å². The monoisotopic (exact) mass is 332 g/mol. The Bertz CT molecular complexity index is 698. The van der Waals surface area contributed by atoms with Crippen LogP contribution in [0.25, 0.3) is 0 Å². The molecule has 1 saturated carbocycles. The summed E-state index contributed by atoms with van der Waals surface area (Å²) in [5.41, 5.74) is 1.04. The molecule has 2 aliphatic rings. The quantitative estimate of drug-likeness (QED) is 0.806. The highest BCUT2D eigenvalue weighted by Crippen LogP contribution is 2.38. The van der Waals surface area contributed by atoms with Crippen LogP contribution >= 0.6 is 23.5 Å². The SMILES string of the molecule is O=C(CSc1nncn1C1CC1)N1CCSc2ccccc21. The Hall–Kier alpha value is -1.47. The van der Waals surface area contributed by atoms with Crippen molar-refractivity contribution < 1.29 is 4.79 Å². The van der Waals surface area contributed by atoms with Crippen molar-refractivity contribution in [2.24, 2.45) is 0 Å². The molecule has 0 unspecified atom stereocenters. The number of rotatable bonds is 4. The van der Waals surface area contributed by atoms with E-state index in [0.29, 0.717) is 11.8 Å². The van der Waals surface area contributed by atoms with E-state index in [4.69, 9.17) is 0 Å². The second-order valence-corrected chi connectivity index (χ2v) is 7.48. The number of thioether (sulfide) groups is 2. The number of aromatic nitrogens is 3. The van der Waals surface area contributed by atoms with Crippen LogP contribution in [-0.4, -0.2) is 38.7 Å². The summed E-state index contributed by atoms with van der Waals surface area (Å²) in [6.07, 6.45) is 4.16. The molecule has 2 aromatic rings. The Morgan fingerprint density at radius 2 is 2.23 bits per heavy atom. The van der Waals surface area contributed by atoms with Crippen LogP contribution in [0.5, 0.6) is 0 Å². The third-order valence-electron chi connectivity index (χ3n) is 3.83. The van der Waals surface area contributed by atoms with Gasteiger partial charge < -0.3 is 9.47 Å². The average molecular weight is 332 g/mol. The highest BCUT2D eigenvalue weighted by molar-refractivity contribution is 8.00. The third kappa shape index (κ3) is 2.75. The molecule has 0 atom stereocenters. The number of amides is 1. The predicted molar refractivity (Wildman–Crippen MR) is 88.5 cm³/mol. The number of carbonyl (C=O) groups excluding carboxylic acids is 1. The van der Waals surface area contributed by atoms with Gasteiger partial charge in [-0.2, -0.15) is 0 Å². The standard InChI is InChI=1S/C15H16N4OS2/c20-14(9-22-15-17-16-10-19(15)11-5-6-11)18-7-8-21-13-4-2-1-3-12(13)18/h1-4,10-11H,5-9H2. The van der Waals surface area contributed by atoms with Gasteiger partial charge in [0.2, 0.25) is 5.91 Å². The van der Waals surface area contributed by atoms with Crippen LogP contribution in [0.4, 0.5) is 5.69 Å². The van der Waals surface area contributed by atoms with Crippen molar-refractivity contribution in [3.63, 3.8) is 0 Å². The molecule has 1 fully saturated rings. The van der Waals surface area contributed by atoms with Crippen molar-refractivity contribution in [2.75, 3.05) is 23.0 Å². The first-order valence-corrected chi connectivity index (χ1v) is 9.34. The molecule has 5 nitrogen and oxygen atoms in total. The highest BCUT2D eigenvalue weighted by Gasteiger charge is 2.27. The molecule has 0 radical (unpaired) electrons. The van der Waals surface area contributed by atoms with Crippen molar-refractivity contribution in [1.29, 1.82) is 0 Å². The van der Waals surface area contributed by atoms with E-state index >= 15 is 0 Å². The minimum absolute atomic E-state index is 0.142. The molecular weight excluding hydrogens is 316 g/mol. The molecule has 7 heteroatoms. The van der Waals surface area contributed by atoms with Crippen LogP contribution in [0.15, 0.2) is 40.6 Å². The molecule has 1 aliphatic heterocycles. The van der Waals surface area contributed by atoms with E-state index in [1.807, 2.05) is 34.9 Å². The van der Waals surface area contributed by atoms with E-state index in [2.05, 4.69) is 20.8 Å². The summed E-state index contributed by atoms with van der Waals surface area (Å²) in [6, 6.07) is 8.65. The van der Waals surface area contributed by atoms with Crippen molar-refractivity contribution in [1.82, 2.24) is 14.8 Å². The van der Waals surface area contributed by atoms with Crippen LogP contribution in [0, 0.1) is 0 Å². The first kappa shape index (κ1) is 14.1. The van der Waals surface area contributed by atoms with E-state index in [9.17, 15) is 4.79 Å². The molecule has 114 valence electrons. The number of carbonyl (C=O) groups is 1. The molecule has 1 amide bonds. The molecule has 1 aromatic heterocycles. The van der Waals surface area contributed by atoms with Crippen LogP contribution in [0.2, 0.25) is 0 Å². The lowest BCUT2D eigenvalue weighted by Crippen LogP contribution is -2.36. The van der Waals surface area contributed by atoms with Gasteiger partial charge in [-0.1, -0.05) is 23.9 Å². The maximum atomic E-state index is 12.6. The van der Waals surface area contributed by atoms with Gasteiger partial charge in [0.15, 0.2) is 5.16 Å². The van der Waals surface area contributed by atoms with Gasteiger partial charge in [0.05, 0.1) is 11.4 Å². The first-order chi connectivity index (χ1) is 10.8. The van der Waals surface area contributed by atoms with Gasteiger partial charge in [0.25, 0.3) is 0 Å². The molecular formula is C15H16N4OS2. The fourth-order valence-corrected chi connectivity index (χ4v) is 4.42. The summed E-state index contributed by atoms with van der Waals surface area (Å²) in [6.45, 7) is 0.774. The number of nitrogens with zero attached hydrogens (tertiary/aromatic N) is 4. The maximum absolute atomic E-state index is 12.6. The van der Waals surface area contributed by atoms with Crippen LogP contribution in [0.3, 0.4) is 0 Å². The minimum Gasteiger partial charge on any atom is -0.310 e. The van der Waals surface area contributed by atoms with Crippen LogP contribution in [-0.2, 0) is 4.79 Å². The largest absolute Gasteiger partial charge is 0.310 e. The molecule has 0 saturated heterocycles. The lowest BCUT2D eigenvalue weighted by atomic mass is 10.3. The summed E-state index contributed by atoms with van der Waals surface area (Å²) < 4.78 is 2.10. The minimum atomic E-state index is 0.142. The Balaban J connectivity index is 1.45. The summed E-state index contributed by atoms with van der Waals surface area (Å²) in [7, 11) is 0. The summed E-state index contributed by atoms with van der Waals surface area (Å²) >= 11 is 3.30. The Morgan fingerprint density at radius 3 is 3.09 bits per heavy atom. The summed E-state index contributed by atoms with van der Waals surface area (Å²) in [5.74, 6) is 1.50. The molecule has 0 spiro atoms. The Morgan fingerprint density at radius 1 is 1.36 bits per heavy atom. The van der Waals surface area contributed by atoms with Gasteiger partial charge in [0, 0.05) is 23.2 Å². The molecule has 0 N–H and O–H groups in total. The molecule has 0 bridgehead atoms. The van der Waals surface area contributed by atoms with Crippen molar-refractivity contribution in [3.05, 3.63) is 30.6 Å². The highest BCUT2D eigenvalue weighted by atomic mass is 32.2. The van der Waals surface area contributed by atoms with Gasteiger partial charge in [0.1, 0.15) is 6.33 Å². The zero-order valence-electron chi connectivity index (χ0n) is 12.0. The number of benzene rings is 1. The van der Waals surface area contributed by atoms with Gasteiger partial charge in [-0.25, -0.2) is 0 Å². The molecule has 1 aliphatic carbocycles. The fourth-order valence-electron chi connectivity index (χ4n) is 2.57. The van der Waals surface area contributed by atoms with Crippen molar-refractivity contribution in [3.8, 4) is 0 Å². The van der Waals surface area contributed by atoms with Gasteiger partial charge in [-0.15, -0.1) is 22.0 Å². The lowest BCUT2D eigenvalue weighted by Gasteiger charge is -2.28. The normalized spacial score (nSPS) is 17.4. The van der Waals surface area contributed by atoms with Crippen molar-refractivity contribution >= 4 is 35.1 Å². The first-order valence-electron chi connectivity index (χ1n) is 7.37. The van der Waals surface area contributed by atoms with Gasteiger partial charge in [-0.05, 0) is 25.0 Å². The number of anilines is 1. The zero-order valence-corrected chi connectivity index (χ0v) is 13.6. The van der Waals surface area contributed by atoms with E-state index in [0.717, 1.165) is 23.1 Å². The fraction of sp³-hybridized carbons (Fsp3) is 0.400. The Kier molecular flexibility index (Phi) is 3.83. The van der Waals surface area contributed by atoms with Gasteiger partial charge in [-0.3, -0.25) is 4.79 Å². The number of hydrogen-bond acceptors (Lipinski definition) is 5. The second kappa shape index (κ2) is 5.96. The van der Waals surface area contributed by atoms with E-state index in [1.54, 1.807) is 6.33 Å². The number of para-hydroxylation sites is 1. The smallest absolute Gasteiger partial charge is 0.237 e. The molecule has 4 rings (SSSR count). The van der Waals surface area contributed by atoms with Gasteiger partial charge >= 0.3 is 0 Å². The number of hydrogen-bond donors (Lipinski definition) is 0.